The van der Waals surface area contributed by atoms with Gasteiger partial charge in [0.25, 0.3) is 0 Å². The fraction of sp³-hybridized carbons (Fsp3) is 0.348. The highest BCUT2D eigenvalue weighted by Gasteiger charge is 2.39. The lowest BCUT2D eigenvalue weighted by Gasteiger charge is -2.16. The Balaban J connectivity index is 1.76. The number of carbonyl (C=O) groups excluding carboxylic acids is 2. The molecule has 2 aromatic carbocycles. The number of methoxy groups -OCH3 is 2. The number of nitrogens with one attached hydrogen (secondary N) is 1. The number of hydrogen-bond acceptors (Lipinski definition) is 6. The quantitative estimate of drug-likeness (QED) is 0.604. The Hall–Kier alpha value is -2.55. The monoisotopic (exact) mass is 475 g/mol. The molecule has 1 unspecified atom stereocenters. The maximum Gasteiger partial charge on any atom is 0.242 e. The van der Waals surface area contributed by atoms with Gasteiger partial charge >= 0.3 is 0 Å². The van der Waals surface area contributed by atoms with Crippen molar-refractivity contribution in [3.05, 3.63) is 52.5 Å². The summed E-state index contributed by atoms with van der Waals surface area (Å²) < 4.78 is 10.3. The van der Waals surface area contributed by atoms with Crippen molar-refractivity contribution < 1.29 is 19.1 Å². The van der Waals surface area contributed by atoms with Gasteiger partial charge in [-0.2, -0.15) is 0 Å². The zero-order valence-electron chi connectivity index (χ0n) is 18.5. The molecule has 0 aromatic heterocycles. The highest BCUT2D eigenvalue weighted by Crippen LogP contribution is 2.33. The molecule has 1 aliphatic rings. The van der Waals surface area contributed by atoms with E-state index in [1.807, 2.05) is 32.0 Å². The van der Waals surface area contributed by atoms with Crippen molar-refractivity contribution in [2.75, 3.05) is 32.7 Å². The molecule has 1 aliphatic heterocycles. The number of carbonyl (C=O) groups is 2. The highest BCUT2D eigenvalue weighted by molar-refractivity contribution is 8.15. The molecular weight excluding hydrogens is 450 g/mol. The summed E-state index contributed by atoms with van der Waals surface area (Å²) in [7, 11) is 3.11. The molecule has 0 spiro atoms. The second kappa shape index (κ2) is 10.8. The van der Waals surface area contributed by atoms with E-state index >= 15 is 0 Å². The van der Waals surface area contributed by atoms with Gasteiger partial charge < -0.3 is 14.8 Å². The number of aryl methyl sites for hydroxylation is 2. The molecule has 0 bridgehead atoms. The van der Waals surface area contributed by atoms with Crippen molar-refractivity contribution >= 4 is 51.7 Å². The number of aliphatic imine (C=N–C) groups is 1. The van der Waals surface area contributed by atoms with E-state index in [2.05, 4.69) is 5.32 Å². The van der Waals surface area contributed by atoms with Crippen molar-refractivity contribution in [2.45, 2.75) is 25.5 Å². The Morgan fingerprint density at radius 1 is 1.22 bits per heavy atom. The van der Waals surface area contributed by atoms with Crippen LogP contribution in [0.25, 0.3) is 0 Å². The van der Waals surface area contributed by atoms with Crippen LogP contribution in [0.2, 0.25) is 5.02 Å². The summed E-state index contributed by atoms with van der Waals surface area (Å²) in [5, 5.41) is 3.20. The van der Waals surface area contributed by atoms with Crippen LogP contribution in [-0.2, 0) is 14.3 Å². The van der Waals surface area contributed by atoms with Gasteiger partial charge in [-0.05, 0) is 49.2 Å². The molecule has 1 fully saturated rings. The Morgan fingerprint density at radius 3 is 2.69 bits per heavy atom. The molecule has 1 saturated heterocycles. The first-order valence-corrected chi connectivity index (χ1v) is 11.3. The number of hydrogen-bond donors (Lipinski definition) is 1. The van der Waals surface area contributed by atoms with Gasteiger partial charge in [0.2, 0.25) is 11.8 Å². The lowest BCUT2D eigenvalue weighted by Crippen LogP contribution is -2.35. The standard InChI is InChI=1S/C23H26ClN3O4S/c1-14-5-6-15(2)18(11-14)26-23-27(9-10-30-3)22(29)20(32-23)13-21(28)25-16-7-8-19(31-4)17(24)12-16/h5-8,11-12,20H,9-10,13H2,1-4H3,(H,25,28). The maximum atomic E-state index is 13.0. The van der Waals surface area contributed by atoms with E-state index in [0.717, 1.165) is 16.8 Å². The largest absolute Gasteiger partial charge is 0.495 e. The second-order valence-electron chi connectivity index (χ2n) is 7.38. The number of thioether (sulfide) groups is 1. The van der Waals surface area contributed by atoms with Crippen LogP contribution in [0.1, 0.15) is 17.5 Å². The summed E-state index contributed by atoms with van der Waals surface area (Å²) in [5.74, 6) is 0.0862. The molecule has 7 nitrogen and oxygen atoms in total. The summed E-state index contributed by atoms with van der Waals surface area (Å²) >= 11 is 7.42. The first-order chi connectivity index (χ1) is 15.3. The number of ether oxygens (including phenoxy) is 2. The summed E-state index contributed by atoms with van der Waals surface area (Å²) in [6, 6.07) is 11.0. The minimum Gasteiger partial charge on any atom is -0.495 e. The first-order valence-electron chi connectivity index (χ1n) is 10.1. The third-order valence-electron chi connectivity index (χ3n) is 4.93. The number of nitrogens with zero attached hydrogens (tertiary/aromatic N) is 2. The van der Waals surface area contributed by atoms with Crippen molar-refractivity contribution in [1.82, 2.24) is 4.90 Å². The molecular formula is C23H26ClN3O4S. The van der Waals surface area contributed by atoms with Gasteiger partial charge in [0, 0.05) is 19.2 Å². The number of rotatable bonds is 8. The van der Waals surface area contributed by atoms with Gasteiger partial charge in [-0.15, -0.1) is 0 Å². The molecule has 32 heavy (non-hydrogen) atoms. The normalized spacial score (nSPS) is 17.2. The third-order valence-corrected chi connectivity index (χ3v) is 6.40. The number of anilines is 1. The highest BCUT2D eigenvalue weighted by atomic mass is 35.5. The fourth-order valence-corrected chi connectivity index (χ4v) is 4.62. The Bertz CT molecular complexity index is 1040. The summed E-state index contributed by atoms with van der Waals surface area (Å²) in [6.45, 7) is 4.72. The zero-order chi connectivity index (χ0) is 23.3. The molecule has 0 saturated carbocycles. The molecule has 3 rings (SSSR count). The number of amidine groups is 1. The van der Waals surface area contributed by atoms with Crippen LogP contribution in [0.4, 0.5) is 11.4 Å². The molecule has 0 radical (unpaired) electrons. The molecule has 2 amide bonds. The first kappa shape index (κ1) is 24.1. The van der Waals surface area contributed by atoms with Gasteiger partial charge in [-0.25, -0.2) is 4.99 Å². The average molecular weight is 476 g/mol. The zero-order valence-corrected chi connectivity index (χ0v) is 20.0. The lowest BCUT2D eigenvalue weighted by molar-refractivity contribution is -0.128. The van der Waals surface area contributed by atoms with Crippen LogP contribution in [0.15, 0.2) is 41.4 Å². The van der Waals surface area contributed by atoms with Crippen molar-refractivity contribution in [1.29, 1.82) is 0 Å². The second-order valence-corrected chi connectivity index (χ2v) is 8.95. The van der Waals surface area contributed by atoms with Gasteiger partial charge in [-0.3, -0.25) is 14.5 Å². The van der Waals surface area contributed by atoms with Crippen LogP contribution in [0.3, 0.4) is 0 Å². The number of halogens is 1. The molecule has 0 aliphatic carbocycles. The van der Waals surface area contributed by atoms with Gasteiger partial charge in [0.05, 0.1) is 31.0 Å². The van der Waals surface area contributed by atoms with Gasteiger partial charge in [0.1, 0.15) is 11.0 Å². The molecule has 1 heterocycles. The third kappa shape index (κ3) is 5.82. The number of benzene rings is 2. The summed E-state index contributed by atoms with van der Waals surface area (Å²) in [4.78, 5) is 32.0. The van der Waals surface area contributed by atoms with Crippen LogP contribution in [-0.4, -0.2) is 54.5 Å². The van der Waals surface area contributed by atoms with Gasteiger partial charge in [-0.1, -0.05) is 35.5 Å². The number of amides is 2. The van der Waals surface area contributed by atoms with Crippen molar-refractivity contribution in [3.8, 4) is 5.75 Å². The van der Waals surface area contributed by atoms with Crippen molar-refractivity contribution in [3.63, 3.8) is 0 Å². The summed E-state index contributed by atoms with van der Waals surface area (Å²) in [6.07, 6.45) is 0.0163. The van der Waals surface area contributed by atoms with Crippen molar-refractivity contribution in [2.24, 2.45) is 4.99 Å². The average Bonchev–Trinajstić information content (AvgIpc) is 3.03. The maximum absolute atomic E-state index is 13.0. The Morgan fingerprint density at radius 2 is 2.00 bits per heavy atom. The predicted molar refractivity (Wildman–Crippen MR) is 129 cm³/mol. The fourth-order valence-electron chi connectivity index (χ4n) is 3.18. The Labute approximate surface area is 197 Å². The Kier molecular flexibility index (Phi) is 8.17. The summed E-state index contributed by atoms with van der Waals surface area (Å²) in [5.41, 5.74) is 3.44. The van der Waals surface area contributed by atoms with E-state index in [0.29, 0.717) is 34.8 Å². The molecule has 1 N–H and O–H groups in total. The molecule has 170 valence electrons. The predicted octanol–water partition coefficient (Wildman–Crippen LogP) is 4.57. The smallest absolute Gasteiger partial charge is 0.242 e. The van der Waals surface area contributed by atoms with Gasteiger partial charge in [0.15, 0.2) is 5.17 Å². The van der Waals surface area contributed by atoms with E-state index < -0.39 is 5.25 Å². The SMILES string of the molecule is COCCN1C(=O)C(CC(=O)Nc2ccc(OC)c(Cl)c2)SC1=Nc1cc(C)ccc1C. The molecule has 2 aromatic rings. The lowest BCUT2D eigenvalue weighted by atomic mass is 10.1. The van der Waals surface area contributed by atoms with Crippen LogP contribution in [0, 0.1) is 13.8 Å². The topological polar surface area (TPSA) is 80.2 Å². The van der Waals surface area contributed by atoms with E-state index in [4.69, 9.17) is 26.1 Å². The van der Waals surface area contributed by atoms with E-state index in [1.54, 1.807) is 30.2 Å². The van der Waals surface area contributed by atoms with E-state index in [9.17, 15) is 9.59 Å². The van der Waals surface area contributed by atoms with E-state index in [1.165, 1.54) is 18.9 Å². The van der Waals surface area contributed by atoms with Crippen LogP contribution >= 0.6 is 23.4 Å². The molecule has 9 heteroatoms. The molecule has 1 atom stereocenters. The minimum absolute atomic E-state index is 0.0163. The van der Waals surface area contributed by atoms with Crippen LogP contribution < -0.4 is 10.1 Å². The van der Waals surface area contributed by atoms with E-state index in [-0.39, 0.29) is 18.2 Å². The van der Waals surface area contributed by atoms with Crippen LogP contribution in [0.5, 0.6) is 5.75 Å². The minimum atomic E-state index is -0.565.